The van der Waals surface area contributed by atoms with Crippen LogP contribution >= 0.6 is 0 Å². The van der Waals surface area contributed by atoms with Crippen molar-refractivity contribution in [3.05, 3.63) is 77.4 Å². The number of aromatic nitrogens is 3. The maximum absolute atomic E-state index is 13.1. The van der Waals surface area contributed by atoms with Crippen LogP contribution in [-0.2, 0) is 12.7 Å². The number of benzene rings is 1. The maximum Gasteiger partial charge on any atom is 0.418 e. The van der Waals surface area contributed by atoms with Gasteiger partial charge >= 0.3 is 6.18 Å². The normalized spacial score (nSPS) is 11.1. The van der Waals surface area contributed by atoms with Crippen LogP contribution in [0.15, 0.2) is 54.9 Å². The Balaban J connectivity index is 1.80. The van der Waals surface area contributed by atoms with Gasteiger partial charge in [-0.05, 0) is 36.8 Å². The molecule has 1 aromatic carbocycles. The Bertz CT molecular complexity index is 977. The largest absolute Gasteiger partial charge is 0.418 e. The van der Waals surface area contributed by atoms with Crippen LogP contribution in [0, 0.1) is 6.92 Å². The van der Waals surface area contributed by atoms with Gasteiger partial charge in [0.25, 0.3) is 5.91 Å². The third-order valence-electron chi connectivity index (χ3n) is 3.74. The van der Waals surface area contributed by atoms with Crippen molar-refractivity contribution in [3.63, 3.8) is 0 Å². The van der Waals surface area contributed by atoms with Gasteiger partial charge in [0, 0.05) is 24.6 Å². The van der Waals surface area contributed by atoms with Gasteiger partial charge in [-0.15, -0.1) is 0 Å². The molecule has 28 heavy (non-hydrogen) atoms. The highest BCUT2D eigenvalue weighted by atomic mass is 19.4. The smallest absolute Gasteiger partial charge is 0.347 e. The topological polar surface area (TPSA) is 79.8 Å². The summed E-state index contributed by atoms with van der Waals surface area (Å²) in [6.45, 7) is 1.87. The van der Waals surface area contributed by atoms with E-state index in [0.29, 0.717) is 5.69 Å². The van der Waals surface area contributed by atoms with Crippen molar-refractivity contribution < 1.29 is 18.0 Å². The average molecular weight is 387 g/mol. The Labute approximate surface area is 158 Å². The molecule has 2 aromatic heterocycles. The molecule has 0 atom stereocenters. The number of hydrogen-bond donors (Lipinski definition) is 2. The van der Waals surface area contributed by atoms with E-state index in [1.54, 1.807) is 31.5 Å². The van der Waals surface area contributed by atoms with E-state index < -0.39 is 17.6 Å². The summed E-state index contributed by atoms with van der Waals surface area (Å²) in [6.07, 6.45) is -1.29. The molecule has 144 valence electrons. The summed E-state index contributed by atoms with van der Waals surface area (Å²) in [5.74, 6) is -0.565. The molecule has 0 bridgehead atoms. The predicted molar refractivity (Wildman–Crippen MR) is 96.9 cm³/mol. The molecule has 0 aliphatic heterocycles. The van der Waals surface area contributed by atoms with E-state index in [2.05, 4.69) is 25.6 Å². The Hall–Kier alpha value is -3.49. The van der Waals surface area contributed by atoms with E-state index in [-0.39, 0.29) is 23.9 Å². The van der Waals surface area contributed by atoms with Gasteiger partial charge in [-0.25, -0.2) is 9.97 Å². The summed E-state index contributed by atoms with van der Waals surface area (Å²) in [4.78, 5) is 24.5. The van der Waals surface area contributed by atoms with Gasteiger partial charge in [0.2, 0.25) is 5.95 Å². The number of para-hydroxylation sites is 1. The first-order chi connectivity index (χ1) is 13.3. The van der Waals surface area contributed by atoms with Gasteiger partial charge in [-0.3, -0.25) is 9.78 Å². The SMILES string of the molecule is Cc1cc(C(=O)NCc2cccnc2)nc(Nc2ccccc2C(F)(F)F)n1. The van der Waals surface area contributed by atoms with Crippen molar-refractivity contribution in [1.29, 1.82) is 0 Å². The molecule has 0 saturated heterocycles. The number of pyridine rings is 1. The highest BCUT2D eigenvalue weighted by Crippen LogP contribution is 2.35. The van der Waals surface area contributed by atoms with Crippen molar-refractivity contribution in [2.24, 2.45) is 0 Å². The van der Waals surface area contributed by atoms with E-state index in [0.717, 1.165) is 11.6 Å². The van der Waals surface area contributed by atoms with Crippen LogP contribution < -0.4 is 10.6 Å². The fourth-order valence-electron chi connectivity index (χ4n) is 2.48. The summed E-state index contributed by atoms with van der Waals surface area (Å²) in [5, 5.41) is 5.25. The molecule has 0 spiro atoms. The molecule has 0 saturated carbocycles. The van der Waals surface area contributed by atoms with Gasteiger partial charge in [-0.2, -0.15) is 13.2 Å². The second-order valence-electron chi connectivity index (χ2n) is 5.93. The van der Waals surface area contributed by atoms with Crippen LogP contribution in [-0.4, -0.2) is 20.9 Å². The predicted octanol–water partition coefficient (Wildman–Crippen LogP) is 3.87. The molecule has 0 unspecified atom stereocenters. The quantitative estimate of drug-likeness (QED) is 0.695. The Morgan fingerprint density at radius 2 is 1.89 bits per heavy atom. The van der Waals surface area contributed by atoms with Gasteiger partial charge in [0.15, 0.2) is 0 Å². The van der Waals surface area contributed by atoms with E-state index >= 15 is 0 Å². The minimum atomic E-state index is -4.53. The van der Waals surface area contributed by atoms with Crippen LogP contribution in [0.4, 0.5) is 24.8 Å². The monoisotopic (exact) mass is 387 g/mol. The molecule has 2 N–H and O–H groups in total. The number of anilines is 2. The molecule has 0 aliphatic carbocycles. The molecule has 3 aromatic rings. The number of halogens is 3. The highest BCUT2D eigenvalue weighted by Gasteiger charge is 2.33. The molecule has 3 rings (SSSR count). The third-order valence-corrected chi connectivity index (χ3v) is 3.74. The standard InChI is InChI=1S/C19H16F3N5O/c1-12-9-16(17(28)24-11-13-5-4-8-23-10-13)27-18(25-12)26-15-7-3-2-6-14(15)19(20,21)22/h2-10H,11H2,1H3,(H,24,28)(H,25,26,27). The van der Waals surface area contributed by atoms with Crippen molar-refractivity contribution in [2.75, 3.05) is 5.32 Å². The number of nitrogens with zero attached hydrogens (tertiary/aromatic N) is 3. The molecule has 2 heterocycles. The minimum absolute atomic E-state index is 0.0448. The number of rotatable bonds is 5. The van der Waals surface area contributed by atoms with Crippen LogP contribution in [0.1, 0.15) is 27.3 Å². The summed E-state index contributed by atoms with van der Waals surface area (Å²) in [6, 6.07) is 10.0. The number of carbonyl (C=O) groups excluding carboxylic acids is 1. The Morgan fingerprint density at radius 1 is 1.11 bits per heavy atom. The zero-order valence-electron chi connectivity index (χ0n) is 14.8. The molecular formula is C19H16F3N5O. The lowest BCUT2D eigenvalue weighted by Gasteiger charge is -2.14. The molecule has 0 aliphatic rings. The van der Waals surface area contributed by atoms with E-state index in [1.165, 1.54) is 24.3 Å². The number of hydrogen-bond acceptors (Lipinski definition) is 5. The van der Waals surface area contributed by atoms with Crippen molar-refractivity contribution >= 4 is 17.5 Å². The first-order valence-corrected chi connectivity index (χ1v) is 8.29. The summed E-state index contributed by atoms with van der Waals surface area (Å²) >= 11 is 0. The summed E-state index contributed by atoms with van der Waals surface area (Å²) < 4.78 is 39.4. The van der Waals surface area contributed by atoms with Crippen molar-refractivity contribution in [2.45, 2.75) is 19.6 Å². The van der Waals surface area contributed by atoms with Gasteiger partial charge in [-0.1, -0.05) is 18.2 Å². The molecule has 1 amide bonds. The minimum Gasteiger partial charge on any atom is -0.347 e. The van der Waals surface area contributed by atoms with Crippen molar-refractivity contribution in [1.82, 2.24) is 20.3 Å². The lowest BCUT2D eigenvalue weighted by Crippen LogP contribution is -2.24. The number of aryl methyl sites for hydroxylation is 1. The lowest BCUT2D eigenvalue weighted by molar-refractivity contribution is -0.136. The van der Waals surface area contributed by atoms with Gasteiger partial charge in [0.05, 0.1) is 11.3 Å². The zero-order valence-corrected chi connectivity index (χ0v) is 14.8. The molecule has 0 fully saturated rings. The number of nitrogens with one attached hydrogen (secondary N) is 2. The fraction of sp³-hybridized carbons (Fsp3) is 0.158. The zero-order chi connectivity index (χ0) is 20.1. The van der Waals surface area contributed by atoms with Crippen LogP contribution in [0.3, 0.4) is 0 Å². The third kappa shape index (κ3) is 4.81. The molecule has 9 heteroatoms. The lowest BCUT2D eigenvalue weighted by atomic mass is 10.1. The van der Waals surface area contributed by atoms with Gasteiger partial charge in [0.1, 0.15) is 5.69 Å². The second kappa shape index (κ2) is 8.03. The van der Waals surface area contributed by atoms with Crippen molar-refractivity contribution in [3.8, 4) is 0 Å². The van der Waals surface area contributed by atoms with Crippen LogP contribution in [0.5, 0.6) is 0 Å². The number of carbonyl (C=O) groups is 1. The summed E-state index contributed by atoms with van der Waals surface area (Å²) in [5.41, 5.74) is 0.251. The van der Waals surface area contributed by atoms with Crippen LogP contribution in [0.25, 0.3) is 0 Å². The first-order valence-electron chi connectivity index (χ1n) is 8.29. The molecule has 0 radical (unpaired) electrons. The maximum atomic E-state index is 13.1. The average Bonchev–Trinajstić information content (AvgIpc) is 2.66. The number of amides is 1. The van der Waals surface area contributed by atoms with E-state index in [1.807, 2.05) is 0 Å². The fourth-order valence-corrected chi connectivity index (χ4v) is 2.48. The Morgan fingerprint density at radius 3 is 2.61 bits per heavy atom. The number of alkyl halides is 3. The first kappa shape index (κ1) is 19.3. The molecule has 6 nitrogen and oxygen atoms in total. The van der Waals surface area contributed by atoms with Crippen LogP contribution in [0.2, 0.25) is 0 Å². The van der Waals surface area contributed by atoms with Gasteiger partial charge < -0.3 is 10.6 Å². The van der Waals surface area contributed by atoms with E-state index in [4.69, 9.17) is 0 Å². The van der Waals surface area contributed by atoms with E-state index in [9.17, 15) is 18.0 Å². The second-order valence-corrected chi connectivity index (χ2v) is 5.93. The molecular weight excluding hydrogens is 371 g/mol. The Kier molecular flexibility index (Phi) is 5.53. The highest BCUT2D eigenvalue weighted by molar-refractivity contribution is 5.92. The summed E-state index contributed by atoms with van der Waals surface area (Å²) in [7, 11) is 0.